The number of carboxylic acids is 1. The van der Waals surface area contributed by atoms with Gasteiger partial charge in [-0.3, -0.25) is 9.59 Å². The first-order valence-electron chi connectivity index (χ1n) is 9.94. The minimum atomic E-state index is -1.25. The predicted octanol–water partition coefficient (Wildman–Crippen LogP) is 4.34. The number of hydrogen-bond acceptors (Lipinski definition) is 6. The standard InChI is InChI=1S/C23H19NO6S/c1-30-22-13(18-8-15-17(31-18)7-2-11(10-25)20(15)26)5-6-14-19(22)24(12-3-4-12)9-16(21(14)27)23(28)29/h5-6,8-10,12,25H,2-4,7H2,1H3,(H,28,29). The Morgan fingerprint density at radius 1 is 1.23 bits per heavy atom. The lowest BCUT2D eigenvalue weighted by atomic mass is 9.93. The highest BCUT2D eigenvalue weighted by atomic mass is 32.1. The van der Waals surface area contributed by atoms with E-state index >= 15 is 0 Å². The van der Waals surface area contributed by atoms with Crippen molar-refractivity contribution in [2.75, 3.05) is 7.11 Å². The number of aromatic nitrogens is 1. The minimum Gasteiger partial charge on any atom is -0.515 e. The van der Waals surface area contributed by atoms with Gasteiger partial charge in [-0.25, -0.2) is 4.79 Å². The Balaban J connectivity index is 1.76. The monoisotopic (exact) mass is 437 g/mol. The van der Waals surface area contributed by atoms with Crippen molar-refractivity contribution in [2.45, 2.75) is 31.7 Å². The number of carboxylic acid groups (broad SMARTS) is 1. The van der Waals surface area contributed by atoms with Gasteiger partial charge in [-0.15, -0.1) is 11.3 Å². The number of benzene rings is 1. The third kappa shape index (κ3) is 2.97. The normalized spacial score (nSPS) is 17.2. The molecule has 1 saturated carbocycles. The average molecular weight is 437 g/mol. The molecule has 158 valence electrons. The number of hydrogen-bond donors (Lipinski definition) is 2. The first kappa shape index (κ1) is 19.6. The molecule has 0 radical (unpaired) electrons. The van der Waals surface area contributed by atoms with Crippen LogP contribution in [0.15, 0.2) is 41.0 Å². The molecule has 2 heterocycles. The van der Waals surface area contributed by atoms with Crippen molar-refractivity contribution >= 4 is 34.0 Å². The number of Topliss-reactive ketones (excluding diaryl/α,β-unsaturated/α-hetero) is 1. The molecule has 2 aromatic heterocycles. The highest BCUT2D eigenvalue weighted by Gasteiger charge is 2.30. The summed E-state index contributed by atoms with van der Waals surface area (Å²) in [6.45, 7) is 0. The van der Waals surface area contributed by atoms with Crippen LogP contribution in [0.1, 0.15) is 50.9 Å². The largest absolute Gasteiger partial charge is 0.515 e. The number of methoxy groups -OCH3 is 1. The maximum atomic E-state index is 12.8. The van der Waals surface area contributed by atoms with E-state index in [0.717, 1.165) is 34.4 Å². The number of aromatic carboxylic acids is 1. The van der Waals surface area contributed by atoms with Gasteiger partial charge in [-0.2, -0.15) is 0 Å². The van der Waals surface area contributed by atoms with E-state index in [4.69, 9.17) is 4.74 Å². The molecule has 1 fully saturated rings. The van der Waals surface area contributed by atoms with Crippen molar-refractivity contribution in [2.24, 2.45) is 0 Å². The molecule has 0 saturated heterocycles. The van der Waals surface area contributed by atoms with Crippen molar-refractivity contribution in [3.63, 3.8) is 0 Å². The molecule has 0 unspecified atom stereocenters. The number of aliphatic hydroxyl groups excluding tert-OH is 1. The molecular weight excluding hydrogens is 418 g/mol. The number of rotatable bonds is 4. The maximum Gasteiger partial charge on any atom is 0.341 e. The van der Waals surface area contributed by atoms with E-state index in [0.29, 0.717) is 40.6 Å². The Morgan fingerprint density at radius 2 is 2.00 bits per heavy atom. The smallest absolute Gasteiger partial charge is 0.341 e. The number of aryl methyl sites for hydroxylation is 1. The molecule has 2 aliphatic carbocycles. The molecule has 0 atom stereocenters. The van der Waals surface area contributed by atoms with Crippen LogP contribution in [0.4, 0.5) is 0 Å². The summed E-state index contributed by atoms with van der Waals surface area (Å²) in [5, 5.41) is 19.1. The van der Waals surface area contributed by atoms with E-state index < -0.39 is 11.4 Å². The number of fused-ring (bicyclic) bond motifs is 2. The van der Waals surface area contributed by atoms with E-state index in [1.807, 2.05) is 4.57 Å². The number of nitrogens with zero attached hydrogens (tertiary/aromatic N) is 1. The number of carbonyl (C=O) groups is 2. The van der Waals surface area contributed by atoms with Gasteiger partial charge in [0, 0.05) is 38.7 Å². The second-order valence-electron chi connectivity index (χ2n) is 7.79. The summed E-state index contributed by atoms with van der Waals surface area (Å²) in [6.07, 6.45) is 5.27. The van der Waals surface area contributed by atoms with Gasteiger partial charge in [0.2, 0.25) is 5.43 Å². The van der Waals surface area contributed by atoms with Gasteiger partial charge in [0.15, 0.2) is 11.5 Å². The fraction of sp³-hybridized carbons (Fsp3) is 0.261. The quantitative estimate of drug-likeness (QED) is 0.465. The molecule has 2 aliphatic rings. The number of ketones is 1. The minimum absolute atomic E-state index is 0.126. The summed E-state index contributed by atoms with van der Waals surface area (Å²) >= 11 is 1.49. The molecule has 0 spiro atoms. The van der Waals surface area contributed by atoms with Crippen molar-refractivity contribution in [1.29, 1.82) is 0 Å². The second kappa shape index (κ2) is 7.09. The average Bonchev–Trinajstić information content (AvgIpc) is 3.51. The molecular formula is C23H19NO6S. The SMILES string of the molecule is COc1c(-c2cc3c(s2)CCC(=CO)C3=O)ccc2c(=O)c(C(=O)O)cn(C3CC3)c12. The number of thiophene rings is 1. The van der Waals surface area contributed by atoms with Crippen LogP contribution in [-0.4, -0.2) is 33.6 Å². The van der Waals surface area contributed by atoms with Gasteiger partial charge in [0.05, 0.1) is 24.3 Å². The second-order valence-corrected chi connectivity index (χ2v) is 8.93. The zero-order valence-corrected chi connectivity index (χ0v) is 17.5. The third-order valence-corrected chi connectivity index (χ3v) is 7.14. The molecule has 5 rings (SSSR count). The number of allylic oxidation sites excluding steroid dienone is 1. The van der Waals surface area contributed by atoms with Crippen molar-refractivity contribution in [3.8, 4) is 16.2 Å². The molecule has 2 N–H and O–H groups in total. The first-order valence-corrected chi connectivity index (χ1v) is 10.8. The van der Waals surface area contributed by atoms with Crippen LogP contribution in [0.25, 0.3) is 21.3 Å². The first-order chi connectivity index (χ1) is 14.9. The molecule has 0 amide bonds. The summed E-state index contributed by atoms with van der Waals surface area (Å²) in [5.41, 5.74) is 1.50. The maximum absolute atomic E-state index is 12.8. The summed E-state index contributed by atoms with van der Waals surface area (Å²) < 4.78 is 7.59. The van der Waals surface area contributed by atoms with Crippen LogP contribution >= 0.6 is 11.3 Å². The van der Waals surface area contributed by atoms with Gasteiger partial charge < -0.3 is 19.5 Å². The lowest BCUT2D eigenvalue weighted by Gasteiger charge is -2.17. The van der Waals surface area contributed by atoms with E-state index in [1.54, 1.807) is 18.2 Å². The van der Waals surface area contributed by atoms with Gasteiger partial charge in [0.25, 0.3) is 0 Å². The molecule has 0 aliphatic heterocycles. The molecule has 31 heavy (non-hydrogen) atoms. The fourth-order valence-corrected chi connectivity index (χ4v) is 5.39. The predicted molar refractivity (Wildman–Crippen MR) is 117 cm³/mol. The van der Waals surface area contributed by atoms with Gasteiger partial charge >= 0.3 is 5.97 Å². The van der Waals surface area contributed by atoms with Gasteiger partial charge in [-0.1, -0.05) is 0 Å². The molecule has 0 bridgehead atoms. The Labute approximate surface area is 180 Å². The van der Waals surface area contributed by atoms with Crippen molar-refractivity contribution in [1.82, 2.24) is 4.57 Å². The third-order valence-electron chi connectivity index (χ3n) is 5.91. The van der Waals surface area contributed by atoms with E-state index in [-0.39, 0.29) is 17.4 Å². The van der Waals surface area contributed by atoms with Crippen LogP contribution in [-0.2, 0) is 6.42 Å². The Kier molecular flexibility index (Phi) is 4.48. The number of pyridine rings is 1. The lowest BCUT2D eigenvalue weighted by Crippen LogP contribution is -2.19. The van der Waals surface area contributed by atoms with Gasteiger partial charge in [-0.05, 0) is 43.9 Å². The Hall–Kier alpha value is -3.39. The van der Waals surface area contributed by atoms with Crippen molar-refractivity contribution < 1.29 is 24.5 Å². The number of carbonyl (C=O) groups excluding carboxylic acids is 1. The van der Waals surface area contributed by atoms with E-state index in [1.165, 1.54) is 24.6 Å². The summed E-state index contributed by atoms with van der Waals surface area (Å²) in [4.78, 5) is 38.8. The van der Waals surface area contributed by atoms with Crippen LogP contribution in [0.3, 0.4) is 0 Å². The number of ether oxygens (including phenoxy) is 1. The topological polar surface area (TPSA) is 106 Å². The Bertz CT molecular complexity index is 1360. The van der Waals surface area contributed by atoms with Crippen LogP contribution in [0, 0.1) is 0 Å². The van der Waals surface area contributed by atoms with E-state index in [9.17, 15) is 24.6 Å². The molecule has 7 nitrogen and oxygen atoms in total. The zero-order valence-electron chi connectivity index (χ0n) is 16.7. The van der Waals surface area contributed by atoms with Crippen molar-refractivity contribution in [3.05, 3.63) is 62.5 Å². The Morgan fingerprint density at radius 3 is 2.65 bits per heavy atom. The highest BCUT2D eigenvalue weighted by molar-refractivity contribution is 7.16. The lowest BCUT2D eigenvalue weighted by molar-refractivity contribution is 0.0694. The van der Waals surface area contributed by atoms with Gasteiger partial charge in [0.1, 0.15) is 5.56 Å². The summed E-state index contributed by atoms with van der Waals surface area (Å²) in [5.74, 6) is -0.934. The molecule has 1 aromatic carbocycles. The molecule has 3 aromatic rings. The van der Waals surface area contributed by atoms with E-state index in [2.05, 4.69) is 0 Å². The molecule has 8 heteroatoms. The highest BCUT2D eigenvalue weighted by Crippen LogP contribution is 2.45. The van der Waals surface area contributed by atoms with Crippen LogP contribution in [0.2, 0.25) is 0 Å². The number of aliphatic hydroxyl groups is 1. The summed E-state index contributed by atoms with van der Waals surface area (Å²) in [7, 11) is 1.52. The summed E-state index contributed by atoms with van der Waals surface area (Å²) in [6, 6.07) is 5.32. The fourth-order valence-electron chi connectivity index (χ4n) is 4.21. The zero-order chi connectivity index (χ0) is 21.9. The van der Waals surface area contributed by atoms with Crippen LogP contribution < -0.4 is 10.2 Å². The van der Waals surface area contributed by atoms with Crippen LogP contribution in [0.5, 0.6) is 5.75 Å².